The predicted molar refractivity (Wildman–Crippen MR) is 71.9 cm³/mol. The Morgan fingerprint density at radius 2 is 2.15 bits per heavy atom. The lowest BCUT2D eigenvalue weighted by Crippen LogP contribution is -2.20. The maximum atomic E-state index is 11.7. The summed E-state index contributed by atoms with van der Waals surface area (Å²) in [6.45, 7) is 1.76. The molecule has 0 amide bonds. The zero-order valence-electron chi connectivity index (χ0n) is 10.9. The van der Waals surface area contributed by atoms with Gasteiger partial charge in [-0.05, 0) is 12.1 Å². The Balaban J connectivity index is 2.27. The van der Waals surface area contributed by atoms with Crippen LogP contribution in [-0.2, 0) is 7.05 Å². The Labute approximate surface area is 113 Å². The van der Waals surface area contributed by atoms with E-state index in [4.69, 9.17) is 4.42 Å². The highest BCUT2D eigenvalue weighted by Crippen LogP contribution is 2.24. The fourth-order valence-corrected chi connectivity index (χ4v) is 2.03. The molecule has 0 unspecified atom stereocenters. The van der Waals surface area contributed by atoms with Gasteiger partial charge in [-0.25, -0.2) is 9.78 Å². The lowest BCUT2D eigenvalue weighted by atomic mass is 10.1. The van der Waals surface area contributed by atoms with Crippen LogP contribution >= 0.6 is 0 Å². The topological polar surface area (TPSA) is 84.7 Å². The molecule has 0 bridgehead atoms. The van der Waals surface area contributed by atoms with Crippen LogP contribution in [-0.4, -0.2) is 14.5 Å². The van der Waals surface area contributed by atoms with Gasteiger partial charge in [0.2, 0.25) is 0 Å². The molecule has 0 N–H and O–H groups in total. The largest absolute Gasteiger partial charge is 0.441 e. The number of hydrogen-bond acceptors (Lipinski definition) is 5. The Bertz CT molecular complexity index is 915. The summed E-state index contributed by atoms with van der Waals surface area (Å²) in [5.74, 6) is 0.564. The Kier molecular flexibility index (Phi) is 2.61. The van der Waals surface area contributed by atoms with Crippen LogP contribution in [0.1, 0.15) is 11.5 Å². The van der Waals surface area contributed by atoms with Crippen molar-refractivity contribution in [1.82, 2.24) is 14.5 Å². The van der Waals surface area contributed by atoms with Gasteiger partial charge < -0.3 is 8.98 Å². The molecule has 0 radical (unpaired) electrons. The third-order valence-electron chi connectivity index (χ3n) is 2.98. The van der Waals surface area contributed by atoms with Crippen molar-refractivity contribution in [3.63, 3.8) is 0 Å². The molecule has 3 aromatic rings. The maximum Gasteiger partial charge on any atom is 0.347 e. The molecule has 0 aliphatic rings. The van der Waals surface area contributed by atoms with Crippen LogP contribution in [0.25, 0.3) is 22.4 Å². The van der Waals surface area contributed by atoms with E-state index in [1.54, 1.807) is 32.2 Å². The predicted octanol–water partition coefficient (Wildman–Crippen LogP) is 1.77. The monoisotopic (exact) mass is 266 g/mol. The SMILES string of the molecule is Cc1nc2ccc(-c3nc(=O)n(C)cc3C#N)cc2o1. The first kappa shape index (κ1) is 12.1. The van der Waals surface area contributed by atoms with E-state index >= 15 is 0 Å². The maximum absolute atomic E-state index is 11.7. The molecule has 2 aromatic heterocycles. The molecule has 0 spiro atoms. The van der Waals surface area contributed by atoms with E-state index in [2.05, 4.69) is 9.97 Å². The number of nitrogens with zero attached hydrogens (tertiary/aromatic N) is 4. The molecule has 0 saturated heterocycles. The Hall–Kier alpha value is -2.94. The summed E-state index contributed by atoms with van der Waals surface area (Å²) in [4.78, 5) is 19.8. The second kappa shape index (κ2) is 4.31. The summed E-state index contributed by atoms with van der Waals surface area (Å²) in [7, 11) is 1.56. The normalized spacial score (nSPS) is 10.7. The number of benzene rings is 1. The molecule has 1 aromatic carbocycles. The highest BCUT2D eigenvalue weighted by Gasteiger charge is 2.11. The lowest BCUT2D eigenvalue weighted by Gasteiger charge is -2.04. The summed E-state index contributed by atoms with van der Waals surface area (Å²) in [5.41, 5.74) is 2.27. The second-order valence-corrected chi connectivity index (χ2v) is 4.42. The Morgan fingerprint density at radius 3 is 2.90 bits per heavy atom. The molecule has 6 nitrogen and oxygen atoms in total. The fourth-order valence-electron chi connectivity index (χ4n) is 2.03. The van der Waals surface area contributed by atoms with Gasteiger partial charge in [0, 0.05) is 25.7 Å². The fraction of sp³-hybridized carbons (Fsp3) is 0.143. The molecule has 0 aliphatic carbocycles. The summed E-state index contributed by atoms with van der Waals surface area (Å²) in [6, 6.07) is 7.33. The number of aryl methyl sites for hydroxylation is 2. The third-order valence-corrected chi connectivity index (χ3v) is 2.98. The van der Waals surface area contributed by atoms with E-state index in [9.17, 15) is 10.1 Å². The van der Waals surface area contributed by atoms with Crippen molar-refractivity contribution in [2.75, 3.05) is 0 Å². The highest BCUT2D eigenvalue weighted by atomic mass is 16.3. The molecule has 20 heavy (non-hydrogen) atoms. The van der Waals surface area contributed by atoms with Crippen molar-refractivity contribution in [3.8, 4) is 17.3 Å². The van der Waals surface area contributed by atoms with Crippen LogP contribution in [0.3, 0.4) is 0 Å². The molecule has 2 heterocycles. The number of oxazole rings is 1. The van der Waals surface area contributed by atoms with Crippen LogP contribution < -0.4 is 5.69 Å². The van der Waals surface area contributed by atoms with Crippen molar-refractivity contribution in [1.29, 1.82) is 5.26 Å². The smallest absolute Gasteiger partial charge is 0.347 e. The average molecular weight is 266 g/mol. The van der Waals surface area contributed by atoms with Gasteiger partial charge in [0.05, 0.1) is 11.3 Å². The van der Waals surface area contributed by atoms with Crippen LogP contribution in [0.2, 0.25) is 0 Å². The standard InChI is InChI=1S/C14H10N4O2/c1-8-16-11-4-3-9(5-12(11)20-8)13-10(6-15)7-18(2)14(19)17-13/h3-5,7H,1-2H3. The van der Waals surface area contributed by atoms with Gasteiger partial charge in [0.15, 0.2) is 11.5 Å². The van der Waals surface area contributed by atoms with Crippen LogP contribution in [0.5, 0.6) is 0 Å². The van der Waals surface area contributed by atoms with Crippen molar-refractivity contribution in [3.05, 3.63) is 46.3 Å². The number of rotatable bonds is 1. The molecule has 6 heteroatoms. The molecule has 0 aliphatic heterocycles. The first-order valence-corrected chi connectivity index (χ1v) is 5.94. The molecular weight excluding hydrogens is 256 g/mol. The molecule has 0 saturated carbocycles. The first-order valence-electron chi connectivity index (χ1n) is 5.94. The van der Waals surface area contributed by atoms with Gasteiger partial charge in [0.1, 0.15) is 11.6 Å². The molecule has 98 valence electrons. The molecule has 3 rings (SSSR count). The average Bonchev–Trinajstić information content (AvgIpc) is 2.80. The zero-order valence-corrected chi connectivity index (χ0v) is 10.9. The van der Waals surface area contributed by atoms with Gasteiger partial charge >= 0.3 is 5.69 Å². The lowest BCUT2D eigenvalue weighted by molar-refractivity contribution is 0.561. The van der Waals surface area contributed by atoms with E-state index in [0.29, 0.717) is 28.3 Å². The van der Waals surface area contributed by atoms with Gasteiger partial charge in [-0.1, -0.05) is 6.07 Å². The van der Waals surface area contributed by atoms with Crippen molar-refractivity contribution < 1.29 is 4.42 Å². The number of hydrogen-bond donors (Lipinski definition) is 0. The van der Waals surface area contributed by atoms with E-state index in [-0.39, 0.29) is 0 Å². The van der Waals surface area contributed by atoms with E-state index < -0.39 is 5.69 Å². The first-order chi connectivity index (χ1) is 9.58. The van der Waals surface area contributed by atoms with Gasteiger partial charge in [-0.3, -0.25) is 0 Å². The summed E-state index contributed by atoms with van der Waals surface area (Å²) < 4.78 is 6.73. The van der Waals surface area contributed by atoms with Gasteiger partial charge in [0.25, 0.3) is 0 Å². The second-order valence-electron chi connectivity index (χ2n) is 4.42. The van der Waals surface area contributed by atoms with Crippen LogP contribution in [0.15, 0.2) is 33.6 Å². The third kappa shape index (κ3) is 1.86. The molecule has 0 atom stereocenters. The van der Waals surface area contributed by atoms with Crippen LogP contribution in [0.4, 0.5) is 0 Å². The number of fused-ring (bicyclic) bond motifs is 1. The van der Waals surface area contributed by atoms with E-state index in [1.807, 2.05) is 6.07 Å². The summed E-state index contributed by atoms with van der Waals surface area (Å²) in [5, 5.41) is 9.17. The quantitative estimate of drug-likeness (QED) is 0.670. The molecule has 0 fully saturated rings. The highest BCUT2D eigenvalue weighted by molar-refractivity contribution is 5.80. The minimum Gasteiger partial charge on any atom is -0.441 e. The minimum absolute atomic E-state index is 0.336. The Morgan fingerprint density at radius 1 is 1.35 bits per heavy atom. The van der Waals surface area contributed by atoms with E-state index in [0.717, 1.165) is 5.52 Å². The van der Waals surface area contributed by atoms with Crippen molar-refractivity contribution >= 4 is 11.1 Å². The number of aromatic nitrogens is 3. The minimum atomic E-state index is -0.409. The summed E-state index contributed by atoms with van der Waals surface area (Å²) in [6.07, 6.45) is 1.47. The number of nitriles is 1. The van der Waals surface area contributed by atoms with Crippen molar-refractivity contribution in [2.45, 2.75) is 6.92 Å². The zero-order chi connectivity index (χ0) is 14.3. The van der Waals surface area contributed by atoms with Gasteiger partial charge in [-0.15, -0.1) is 0 Å². The van der Waals surface area contributed by atoms with Crippen LogP contribution in [0, 0.1) is 18.3 Å². The summed E-state index contributed by atoms with van der Waals surface area (Å²) >= 11 is 0. The van der Waals surface area contributed by atoms with E-state index in [1.165, 1.54) is 10.8 Å². The van der Waals surface area contributed by atoms with Crippen molar-refractivity contribution in [2.24, 2.45) is 7.05 Å². The van der Waals surface area contributed by atoms with Gasteiger partial charge in [-0.2, -0.15) is 10.2 Å². The molecular formula is C14H10N4O2.